The number of methoxy groups -OCH3 is 2. The Bertz CT molecular complexity index is 1270. The van der Waals surface area contributed by atoms with Gasteiger partial charge in [0.1, 0.15) is 23.7 Å². The Hall–Kier alpha value is -3.65. The molecule has 1 aliphatic heterocycles. The zero-order valence-corrected chi connectivity index (χ0v) is 20.7. The molecule has 3 aromatic rings. The Morgan fingerprint density at radius 1 is 1.00 bits per heavy atom. The van der Waals surface area contributed by atoms with Gasteiger partial charge in [0.05, 0.1) is 14.2 Å². The standard InChI is InChI=1S/C27H31N3O5/c1-18-19(2)23(33-3)6-5-21(18)16-29-12-9-22-26(27(32)34-4)24(15-25(31)30(22)14-13-29)35-17-20-7-10-28-11-8-20/h5-8,10-11,15H,9,12-14,16-17H2,1-4H3. The second kappa shape index (κ2) is 10.7. The lowest BCUT2D eigenvalue weighted by atomic mass is 10.0. The van der Waals surface area contributed by atoms with Crippen LogP contribution in [0.25, 0.3) is 0 Å². The third-order valence-electron chi connectivity index (χ3n) is 6.68. The van der Waals surface area contributed by atoms with Crippen LogP contribution in [0.3, 0.4) is 0 Å². The van der Waals surface area contributed by atoms with Gasteiger partial charge in [0.2, 0.25) is 0 Å². The number of hydrogen-bond donors (Lipinski definition) is 0. The summed E-state index contributed by atoms with van der Waals surface area (Å²) in [4.78, 5) is 32.1. The van der Waals surface area contributed by atoms with Crippen molar-refractivity contribution in [1.29, 1.82) is 0 Å². The number of rotatable bonds is 7. The molecule has 8 nitrogen and oxygen atoms in total. The van der Waals surface area contributed by atoms with E-state index in [4.69, 9.17) is 14.2 Å². The first kappa shape index (κ1) is 24.5. The summed E-state index contributed by atoms with van der Waals surface area (Å²) < 4.78 is 18.1. The van der Waals surface area contributed by atoms with Gasteiger partial charge in [0.15, 0.2) is 0 Å². The molecule has 35 heavy (non-hydrogen) atoms. The first-order valence-electron chi connectivity index (χ1n) is 11.6. The van der Waals surface area contributed by atoms with Crippen LogP contribution in [0.15, 0.2) is 47.5 Å². The molecule has 0 bridgehead atoms. The second-order valence-electron chi connectivity index (χ2n) is 8.66. The average Bonchev–Trinajstić information content (AvgIpc) is 3.09. The largest absolute Gasteiger partial charge is 0.496 e. The van der Waals surface area contributed by atoms with Crippen molar-refractivity contribution in [3.05, 3.63) is 86.6 Å². The SMILES string of the molecule is COC(=O)c1c(OCc2ccncc2)cc(=O)n2c1CCN(Cc1ccc(OC)c(C)c1C)CC2. The quantitative estimate of drug-likeness (QED) is 0.483. The maximum Gasteiger partial charge on any atom is 0.343 e. The normalized spacial score (nSPS) is 13.6. The minimum Gasteiger partial charge on any atom is -0.496 e. The summed E-state index contributed by atoms with van der Waals surface area (Å²) in [7, 11) is 3.02. The molecule has 0 fully saturated rings. The molecule has 3 heterocycles. The Balaban J connectivity index is 1.60. The highest BCUT2D eigenvalue weighted by Gasteiger charge is 2.26. The molecule has 0 spiro atoms. The van der Waals surface area contributed by atoms with E-state index in [1.807, 2.05) is 18.2 Å². The highest BCUT2D eigenvalue weighted by molar-refractivity contribution is 5.93. The average molecular weight is 478 g/mol. The molecule has 4 rings (SSSR count). The van der Waals surface area contributed by atoms with Crippen molar-refractivity contribution < 1.29 is 19.0 Å². The fraction of sp³-hybridized carbons (Fsp3) is 0.370. The maximum absolute atomic E-state index is 13.0. The summed E-state index contributed by atoms with van der Waals surface area (Å²) in [5.41, 5.74) is 5.22. The highest BCUT2D eigenvalue weighted by atomic mass is 16.5. The number of aromatic nitrogens is 2. The van der Waals surface area contributed by atoms with Gasteiger partial charge in [-0.2, -0.15) is 0 Å². The number of ether oxygens (including phenoxy) is 3. The zero-order chi connectivity index (χ0) is 24.9. The number of esters is 1. The molecule has 2 aromatic heterocycles. The van der Waals surface area contributed by atoms with Crippen molar-refractivity contribution in [1.82, 2.24) is 14.5 Å². The summed E-state index contributed by atoms with van der Waals surface area (Å²) >= 11 is 0. The third kappa shape index (κ3) is 5.22. The van der Waals surface area contributed by atoms with E-state index < -0.39 is 5.97 Å². The summed E-state index contributed by atoms with van der Waals surface area (Å²) in [5.74, 6) is 0.622. The van der Waals surface area contributed by atoms with Crippen LogP contribution in [0.1, 0.15) is 38.3 Å². The minimum absolute atomic E-state index is 0.185. The van der Waals surface area contributed by atoms with E-state index in [1.165, 1.54) is 24.3 Å². The predicted octanol–water partition coefficient (Wildman–Crippen LogP) is 3.29. The summed E-state index contributed by atoms with van der Waals surface area (Å²) in [5, 5.41) is 0. The van der Waals surface area contributed by atoms with Crippen LogP contribution in [0.4, 0.5) is 0 Å². The van der Waals surface area contributed by atoms with E-state index in [0.29, 0.717) is 37.3 Å². The molecule has 0 atom stereocenters. The van der Waals surface area contributed by atoms with E-state index in [-0.39, 0.29) is 17.9 Å². The molecule has 0 saturated carbocycles. The van der Waals surface area contributed by atoms with Gasteiger partial charge >= 0.3 is 5.97 Å². The van der Waals surface area contributed by atoms with E-state index >= 15 is 0 Å². The number of benzene rings is 1. The van der Waals surface area contributed by atoms with Crippen LogP contribution >= 0.6 is 0 Å². The molecule has 0 amide bonds. The van der Waals surface area contributed by atoms with Crippen LogP contribution in [0, 0.1) is 13.8 Å². The number of nitrogens with zero attached hydrogens (tertiary/aromatic N) is 3. The monoisotopic (exact) mass is 477 g/mol. The fourth-order valence-corrected chi connectivity index (χ4v) is 4.51. The lowest BCUT2D eigenvalue weighted by molar-refractivity contribution is 0.0592. The molecule has 0 unspecified atom stereocenters. The highest BCUT2D eigenvalue weighted by Crippen LogP contribution is 2.27. The van der Waals surface area contributed by atoms with Crippen LogP contribution < -0.4 is 15.0 Å². The van der Waals surface area contributed by atoms with Crippen LogP contribution in [0.5, 0.6) is 11.5 Å². The van der Waals surface area contributed by atoms with Gasteiger partial charge in [-0.25, -0.2) is 4.79 Å². The van der Waals surface area contributed by atoms with Crippen molar-refractivity contribution in [2.75, 3.05) is 27.3 Å². The van der Waals surface area contributed by atoms with Crippen LogP contribution in [-0.2, 0) is 30.9 Å². The maximum atomic E-state index is 13.0. The second-order valence-corrected chi connectivity index (χ2v) is 8.66. The van der Waals surface area contributed by atoms with Gasteiger partial charge in [0.25, 0.3) is 5.56 Å². The Morgan fingerprint density at radius 2 is 1.77 bits per heavy atom. The molecule has 8 heteroatoms. The van der Waals surface area contributed by atoms with Crippen molar-refractivity contribution in [3.63, 3.8) is 0 Å². The van der Waals surface area contributed by atoms with E-state index in [1.54, 1.807) is 24.1 Å². The predicted molar refractivity (Wildman–Crippen MR) is 132 cm³/mol. The first-order chi connectivity index (χ1) is 16.9. The molecule has 1 aliphatic rings. The molecule has 0 N–H and O–H groups in total. The third-order valence-corrected chi connectivity index (χ3v) is 6.68. The molecule has 0 aliphatic carbocycles. The Morgan fingerprint density at radius 3 is 2.49 bits per heavy atom. The first-order valence-corrected chi connectivity index (χ1v) is 11.6. The van der Waals surface area contributed by atoms with Gasteiger partial charge in [-0.15, -0.1) is 0 Å². The fourth-order valence-electron chi connectivity index (χ4n) is 4.51. The number of hydrogen-bond acceptors (Lipinski definition) is 7. The number of carbonyl (C=O) groups excluding carboxylic acids is 1. The molecule has 1 aromatic carbocycles. The van der Waals surface area contributed by atoms with E-state index in [0.717, 1.165) is 23.4 Å². The smallest absolute Gasteiger partial charge is 0.343 e. The van der Waals surface area contributed by atoms with Gasteiger partial charge in [-0.1, -0.05) is 6.07 Å². The molecular formula is C27H31N3O5. The zero-order valence-electron chi connectivity index (χ0n) is 20.7. The summed E-state index contributed by atoms with van der Waals surface area (Å²) in [6, 6.07) is 9.14. The lowest BCUT2D eigenvalue weighted by Gasteiger charge is -2.22. The van der Waals surface area contributed by atoms with E-state index in [2.05, 4.69) is 29.8 Å². The number of carbonyl (C=O) groups is 1. The van der Waals surface area contributed by atoms with E-state index in [9.17, 15) is 9.59 Å². The summed E-state index contributed by atoms with van der Waals surface area (Å²) in [6.45, 7) is 7.00. The van der Waals surface area contributed by atoms with Crippen molar-refractivity contribution in [2.24, 2.45) is 0 Å². The van der Waals surface area contributed by atoms with Crippen LogP contribution in [-0.4, -0.2) is 47.7 Å². The molecular weight excluding hydrogens is 446 g/mol. The van der Waals surface area contributed by atoms with Gasteiger partial charge in [-0.3, -0.25) is 14.7 Å². The number of fused-ring (bicyclic) bond motifs is 1. The van der Waals surface area contributed by atoms with Gasteiger partial charge in [-0.05, 0) is 54.3 Å². The van der Waals surface area contributed by atoms with Gasteiger partial charge in [0, 0.05) is 56.8 Å². The summed E-state index contributed by atoms with van der Waals surface area (Å²) in [6.07, 6.45) is 3.87. The van der Waals surface area contributed by atoms with Crippen molar-refractivity contribution in [3.8, 4) is 11.5 Å². The molecule has 0 radical (unpaired) electrons. The molecule has 0 saturated heterocycles. The van der Waals surface area contributed by atoms with Crippen molar-refractivity contribution in [2.45, 2.75) is 40.0 Å². The number of pyridine rings is 2. The minimum atomic E-state index is -0.506. The molecule has 184 valence electrons. The van der Waals surface area contributed by atoms with Gasteiger partial charge < -0.3 is 18.8 Å². The lowest BCUT2D eigenvalue weighted by Crippen LogP contribution is -2.29. The van der Waals surface area contributed by atoms with Crippen LogP contribution in [0.2, 0.25) is 0 Å². The van der Waals surface area contributed by atoms with Crippen molar-refractivity contribution >= 4 is 5.97 Å². The Labute approximate surface area is 205 Å². The topological polar surface area (TPSA) is 82.9 Å². The Kier molecular flexibility index (Phi) is 7.51.